The Labute approximate surface area is 188 Å². The van der Waals surface area contributed by atoms with Gasteiger partial charge in [0.05, 0.1) is 12.8 Å². The Hall–Kier alpha value is -3.80. The van der Waals surface area contributed by atoms with Gasteiger partial charge in [0.1, 0.15) is 6.61 Å². The lowest BCUT2D eigenvalue weighted by molar-refractivity contribution is -0.120. The Morgan fingerprint density at radius 3 is 2.56 bits per heavy atom. The summed E-state index contributed by atoms with van der Waals surface area (Å²) in [7, 11) is 0. The zero-order valence-corrected chi connectivity index (χ0v) is 18.6. The van der Waals surface area contributed by atoms with Crippen molar-refractivity contribution >= 4 is 17.8 Å². The van der Waals surface area contributed by atoms with Gasteiger partial charge in [0.2, 0.25) is 0 Å². The number of amides is 1. The SMILES string of the molecule is CCOc1cc(C=NOCC(=O)Nc2cccc(C)c2C)ccc1OCc1ccccc1. The van der Waals surface area contributed by atoms with Gasteiger partial charge >= 0.3 is 0 Å². The fraction of sp³-hybridized carbons (Fsp3) is 0.231. The first-order chi connectivity index (χ1) is 15.6. The van der Waals surface area contributed by atoms with E-state index in [0.717, 1.165) is 27.9 Å². The average Bonchev–Trinajstić information content (AvgIpc) is 2.80. The van der Waals surface area contributed by atoms with Gasteiger partial charge in [-0.15, -0.1) is 0 Å². The predicted octanol–water partition coefficient (Wildman–Crippen LogP) is 5.27. The van der Waals surface area contributed by atoms with E-state index in [0.29, 0.717) is 24.7 Å². The molecule has 1 amide bonds. The van der Waals surface area contributed by atoms with E-state index in [-0.39, 0.29) is 12.5 Å². The molecule has 0 unspecified atom stereocenters. The summed E-state index contributed by atoms with van der Waals surface area (Å²) in [6.07, 6.45) is 1.54. The monoisotopic (exact) mass is 432 g/mol. The Bertz CT molecular complexity index is 1060. The van der Waals surface area contributed by atoms with E-state index < -0.39 is 0 Å². The van der Waals surface area contributed by atoms with Crippen molar-refractivity contribution in [1.82, 2.24) is 0 Å². The fourth-order valence-corrected chi connectivity index (χ4v) is 2.99. The van der Waals surface area contributed by atoms with Crippen LogP contribution in [0, 0.1) is 13.8 Å². The van der Waals surface area contributed by atoms with Crippen LogP contribution in [-0.2, 0) is 16.2 Å². The summed E-state index contributed by atoms with van der Waals surface area (Å²) in [5, 5.41) is 6.74. The van der Waals surface area contributed by atoms with Crippen molar-refractivity contribution in [2.45, 2.75) is 27.4 Å². The second-order valence-electron chi connectivity index (χ2n) is 7.22. The molecule has 32 heavy (non-hydrogen) atoms. The summed E-state index contributed by atoms with van der Waals surface area (Å²) in [5.74, 6) is 1.01. The first kappa shape index (κ1) is 22.9. The number of anilines is 1. The van der Waals surface area contributed by atoms with Gasteiger partial charge in [-0.2, -0.15) is 0 Å². The number of carbonyl (C=O) groups excluding carboxylic acids is 1. The van der Waals surface area contributed by atoms with E-state index in [1.54, 1.807) is 0 Å². The van der Waals surface area contributed by atoms with Gasteiger partial charge in [-0.05, 0) is 61.7 Å². The molecule has 0 saturated carbocycles. The standard InChI is InChI=1S/C26H28N2O4/c1-4-30-25-15-22(13-14-24(25)31-17-21-10-6-5-7-11-21)16-27-32-18-26(29)28-23-12-8-9-19(2)20(23)3/h5-16H,4,17-18H2,1-3H3,(H,28,29). The summed E-state index contributed by atoms with van der Waals surface area (Å²) in [6, 6.07) is 21.2. The van der Waals surface area contributed by atoms with Crippen molar-refractivity contribution in [2.24, 2.45) is 5.16 Å². The minimum Gasteiger partial charge on any atom is -0.490 e. The summed E-state index contributed by atoms with van der Waals surface area (Å²) < 4.78 is 11.6. The molecule has 3 aromatic carbocycles. The normalized spacial score (nSPS) is 10.7. The smallest absolute Gasteiger partial charge is 0.265 e. The number of nitrogens with one attached hydrogen (secondary N) is 1. The van der Waals surface area contributed by atoms with E-state index >= 15 is 0 Å². The summed E-state index contributed by atoms with van der Waals surface area (Å²) in [4.78, 5) is 17.3. The van der Waals surface area contributed by atoms with Crippen LogP contribution in [0.4, 0.5) is 5.69 Å². The number of hydrogen-bond donors (Lipinski definition) is 1. The quantitative estimate of drug-likeness (QED) is 0.350. The topological polar surface area (TPSA) is 69.2 Å². The number of oxime groups is 1. The largest absolute Gasteiger partial charge is 0.490 e. The highest BCUT2D eigenvalue weighted by Crippen LogP contribution is 2.29. The number of rotatable bonds is 10. The van der Waals surface area contributed by atoms with Crippen LogP contribution in [0.3, 0.4) is 0 Å². The van der Waals surface area contributed by atoms with E-state index in [1.807, 2.05) is 87.5 Å². The van der Waals surface area contributed by atoms with Gasteiger partial charge in [-0.3, -0.25) is 4.79 Å². The molecule has 0 bridgehead atoms. The van der Waals surface area contributed by atoms with Crippen molar-refractivity contribution in [3.05, 3.63) is 89.0 Å². The molecule has 0 aliphatic rings. The Morgan fingerprint density at radius 2 is 1.78 bits per heavy atom. The second kappa shape index (κ2) is 11.6. The molecule has 0 aliphatic carbocycles. The number of benzene rings is 3. The van der Waals surface area contributed by atoms with Crippen LogP contribution < -0.4 is 14.8 Å². The zero-order chi connectivity index (χ0) is 22.8. The summed E-state index contributed by atoms with van der Waals surface area (Å²) in [6.45, 7) is 6.66. The zero-order valence-electron chi connectivity index (χ0n) is 18.6. The van der Waals surface area contributed by atoms with Gasteiger partial charge in [-0.1, -0.05) is 47.6 Å². The number of nitrogens with zero attached hydrogens (tertiary/aromatic N) is 1. The molecular formula is C26H28N2O4. The molecule has 6 heteroatoms. The van der Waals surface area contributed by atoms with Crippen molar-refractivity contribution in [2.75, 3.05) is 18.5 Å². The van der Waals surface area contributed by atoms with Crippen LogP contribution in [0.25, 0.3) is 0 Å². The number of ether oxygens (including phenoxy) is 2. The third-order valence-electron chi connectivity index (χ3n) is 4.86. The summed E-state index contributed by atoms with van der Waals surface area (Å²) in [5.41, 5.74) is 4.77. The maximum atomic E-state index is 12.1. The molecule has 0 aliphatic heterocycles. The number of hydrogen-bond acceptors (Lipinski definition) is 5. The fourth-order valence-electron chi connectivity index (χ4n) is 2.99. The van der Waals surface area contributed by atoms with Crippen LogP contribution in [0.5, 0.6) is 11.5 Å². The molecule has 0 atom stereocenters. The second-order valence-corrected chi connectivity index (χ2v) is 7.22. The molecule has 0 heterocycles. The van der Waals surface area contributed by atoms with Gasteiger partial charge in [0.25, 0.3) is 5.91 Å². The van der Waals surface area contributed by atoms with Crippen molar-refractivity contribution < 1.29 is 19.1 Å². The first-order valence-electron chi connectivity index (χ1n) is 10.5. The van der Waals surface area contributed by atoms with Crippen LogP contribution >= 0.6 is 0 Å². The van der Waals surface area contributed by atoms with Crippen LogP contribution in [0.2, 0.25) is 0 Å². The average molecular weight is 433 g/mol. The third-order valence-corrected chi connectivity index (χ3v) is 4.86. The molecule has 0 fully saturated rings. The molecular weight excluding hydrogens is 404 g/mol. The minimum atomic E-state index is -0.268. The van der Waals surface area contributed by atoms with Gasteiger partial charge in [0.15, 0.2) is 18.1 Å². The van der Waals surface area contributed by atoms with Gasteiger partial charge in [-0.25, -0.2) is 0 Å². The number of carbonyl (C=O) groups is 1. The van der Waals surface area contributed by atoms with Crippen molar-refractivity contribution in [3.63, 3.8) is 0 Å². The Kier molecular flexibility index (Phi) is 8.26. The Morgan fingerprint density at radius 1 is 0.969 bits per heavy atom. The lowest BCUT2D eigenvalue weighted by atomic mass is 10.1. The highest BCUT2D eigenvalue weighted by Gasteiger charge is 2.08. The van der Waals surface area contributed by atoms with Crippen molar-refractivity contribution in [1.29, 1.82) is 0 Å². The van der Waals surface area contributed by atoms with Gasteiger partial charge < -0.3 is 19.6 Å². The minimum absolute atomic E-state index is 0.180. The molecule has 6 nitrogen and oxygen atoms in total. The lowest BCUT2D eigenvalue weighted by Gasteiger charge is -2.12. The Balaban J connectivity index is 1.54. The molecule has 1 N–H and O–H groups in total. The molecule has 3 aromatic rings. The maximum absolute atomic E-state index is 12.1. The van der Waals surface area contributed by atoms with E-state index in [2.05, 4.69) is 10.5 Å². The van der Waals surface area contributed by atoms with Crippen LogP contribution in [-0.4, -0.2) is 25.3 Å². The van der Waals surface area contributed by atoms with Crippen LogP contribution in [0.15, 0.2) is 71.9 Å². The predicted molar refractivity (Wildman–Crippen MR) is 126 cm³/mol. The first-order valence-corrected chi connectivity index (χ1v) is 10.5. The molecule has 0 radical (unpaired) electrons. The lowest BCUT2D eigenvalue weighted by Crippen LogP contribution is -2.17. The molecule has 0 saturated heterocycles. The maximum Gasteiger partial charge on any atom is 0.265 e. The molecule has 0 spiro atoms. The highest BCUT2D eigenvalue weighted by atomic mass is 16.6. The van der Waals surface area contributed by atoms with E-state index in [1.165, 1.54) is 6.21 Å². The van der Waals surface area contributed by atoms with E-state index in [4.69, 9.17) is 14.3 Å². The summed E-state index contributed by atoms with van der Waals surface area (Å²) >= 11 is 0. The van der Waals surface area contributed by atoms with Crippen LogP contribution in [0.1, 0.15) is 29.2 Å². The highest BCUT2D eigenvalue weighted by molar-refractivity contribution is 5.92. The van der Waals surface area contributed by atoms with Gasteiger partial charge in [0, 0.05) is 11.3 Å². The third kappa shape index (κ3) is 6.60. The molecule has 0 aromatic heterocycles. The van der Waals surface area contributed by atoms with E-state index in [9.17, 15) is 4.79 Å². The molecule has 3 rings (SSSR count). The number of aryl methyl sites for hydroxylation is 1. The molecule has 166 valence electrons. The van der Waals surface area contributed by atoms with Crippen molar-refractivity contribution in [3.8, 4) is 11.5 Å².